The monoisotopic (exact) mass is 272 g/mol. The van der Waals surface area contributed by atoms with Crippen molar-refractivity contribution < 1.29 is 14.3 Å². The molecule has 4 atom stereocenters. The van der Waals surface area contributed by atoms with Crippen molar-refractivity contribution >= 4 is 5.97 Å². The second-order valence-electron chi connectivity index (χ2n) is 5.21. The summed E-state index contributed by atoms with van der Waals surface area (Å²) in [5.74, 6) is 2.25. The molecule has 1 saturated heterocycles. The highest BCUT2D eigenvalue weighted by atomic mass is 16.6. The standard InChI is InChI=1S/C17H20O3/c1-5-15-12(3)17(6-2,13(4)19-15)20-16(18)14-10-8-7-9-11-14/h2,7-13,15H,5H2,1,3-4H3/t12-,13-,15-,17-/m1/s1. The van der Waals surface area contributed by atoms with E-state index >= 15 is 0 Å². The normalized spacial score (nSPS) is 32.6. The summed E-state index contributed by atoms with van der Waals surface area (Å²) < 4.78 is 11.5. The molecule has 0 unspecified atom stereocenters. The molecule has 1 aromatic carbocycles. The van der Waals surface area contributed by atoms with Gasteiger partial charge in [0.15, 0.2) is 0 Å². The number of rotatable bonds is 3. The summed E-state index contributed by atoms with van der Waals surface area (Å²) in [6.07, 6.45) is 6.24. The third-order valence-corrected chi connectivity index (χ3v) is 4.12. The molecule has 1 aromatic rings. The summed E-state index contributed by atoms with van der Waals surface area (Å²) in [5.41, 5.74) is -0.491. The fraction of sp³-hybridized carbons (Fsp3) is 0.471. The predicted octanol–water partition coefficient (Wildman–Crippen LogP) is 3.05. The number of esters is 1. The van der Waals surface area contributed by atoms with E-state index in [0.717, 1.165) is 6.42 Å². The molecular formula is C17H20O3. The van der Waals surface area contributed by atoms with E-state index in [0.29, 0.717) is 5.56 Å². The smallest absolute Gasteiger partial charge is 0.339 e. The van der Waals surface area contributed by atoms with Crippen molar-refractivity contribution in [2.75, 3.05) is 0 Å². The molecule has 1 aliphatic heterocycles. The molecule has 0 saturated carbocycles. The lowest BCUT2D eigenvalue weighted by atomic mass is 9.84. The topological polar surface area (TPSA) is 35.5 Å². The van der Waals surface area contributed by atoms with Crippen LogP contribution in [0.2, 0.25) is 0 Å². The van der Waals surface area contributed by atoms with Gasteiger partial charge in [-0.25, -0.2) is 4.79 Å². The molecule has 0 amide bonds. The van der Waals surface area contributed by atoms with Crippen LogP contribution in [0.1, 0.15) is 37.6 Å². The van der Waals surface area contributed by atoms with Crippen LogP contribution in [0.25, 0.3) is 0 Å². The number of ether oxygens (including phenoxy) is 2. The lowest BCUT2D eigenvalue weighted by molar-refractivity contribution is -0.0353. The Labute approximate surface area is 120 Å². The van der Waals surface area contributed by atoms with Gasteiger partial charge >= 0.3 is 5.97 Å². The first-order valence-corrected chi connectivity index (χ1v) is 6.96. The zero-order chi connectivity index (χ0) is 14.8. The van der Waals surface area contributed by atoms with Crippen molar-refractivity contribution in [2.24, 2.45) is 5.92 Å². The Morgan fingerprint density at radius 1 is 1.40 bits per heavy atom. The number of benzene rings is 1. The highest BCUT2D eigenvalue weighted by Crippen LogP contribution is 2.40. The van der Waals surface area contributed by atoms with Crippen molar-refractivity contribution in [2.45, 2.75) is 45.0 Å². The molecule has 20 heavy (non-hydrogen) atoms. The third-order valence-electron chi connectivity index (χ3n) is 4.12. The molecule has 1 fully saturated rings. The van der Waals surface area contributed by atoms with Gasteiger partial charge in [0.2, 0.25) is 5.60 Å². The van der Waals surface area contributed by atoms with Gasteiger partial charge < -0.3 is 9.47 Å². The van der Waals surface area contributed by atoms with E-state index in [2.05, 4.69) is 5.92 Å². The maximum absolute atomic E-state index is 12.3. The second-order valence-corrected chi connectivity index (χ2v) is 5.21. The molecule has 1 heterocycles. The first-order valence-electron chi connectivity index (χ1n) is 6.96. The molecule has 0 N–H and O–H groups in total. The fourth-order valence-electron chi connectivity index (χ4n) is 2.82. The molecule has 0 bridgehead atoms. The van der Waals surface area contributed by atoms with Crippen LogP contribution in [0.15, 0.2) is 30.3 Å². The minimum absolute atomic E-state index is 0.0182. The molecule has 3 nitrogen and oxygen atoms in total. The van der Waals surface area contributed by atoms with Crippen molar-refractivity contribution in [3.8, 4) is 12.3 Å². The largest absolute Gasteiger partial charge is 0.439 e. The van der Waals surface area contributed by atoms with Gasteiger partial charge in [0, 0.05) is 5.92 Å². The Balaban J connectivity index is 2.25. The molecule has 0 aromatic heterocycles. The zero-order valence-corrected chi connectivity index (χ0v) is 12.1. The first-order chi connectivity index (χ1) is 9.55. The molecule has 0 spiro atoms. The van der Waals surface area contributed by atoms with Crippen LogP contribution in [-0.4, -0.2) is 23.8 Å². The minimum atomic E-state index is -0.992. The molecule has 3 heteroatoms. The van der Waals surface area contributed by atoms with Crippen LogP contribution in [0.5, 0.6) is 0 Å². The summed E-state index contributed by atoms with van der Waals surface area (Å²) >= 11 is 0. The summed E-state index contributed by atoms with van der Waals surface area (Å²) in [5, 5.41) is 0. The summed E-state index contributed by atoms with van der Waals surface area (Å²) in [6, 6.07) is 8.88. The van der Waals surface area contributed by atoms with Crippen LogP contribution < -0.4 is 0 Å². The lowest BCUT2D eigenvalue weighted by Gasteiger charge is -2.30. The van der Waals surface area contributed by atoms with Gasteiger partial charge in [0.25, 0.3) is 0 Å². The van der Waals surface area contributed by atoms with E-state index in [1.807, 2.05) is 26.8 Å². The van der Waals surface area contributed by atoms with E-state index in [-0.39, 0.29) is 18.1 Å². The fourth-order valence-corrected chi connectivity index (χ4v) is 2.82. The lowest BCUT2D eigenvalue weighted by Crippen LogP contribution is -2.45. The zero-order valence-electron chi connectivity index (χ0n) is 12.1. The van der Waals surface area contributed by atoms with Crippen molar-refractivity contribution in [3.05, 3.63) is 35.9 Å². The van der Waals surface area contributed by atoms with Crippen molar-refractivity contribution in [3.63, 3.8) is 0 Å². The average molecular weight is 272 g/mol. The van der Waals surface area contributed by atoms with Gasteiger partial charge in [0.1, 0.15) is 6.10 Å². The number of carbonyl (C=O) groups excluding carboxylic acids is 1. The second kappa shape index (κ2) is 5.68. The van der Waals surface area contributed by atoms with Crippen molar-refractivity contribution in [1.29, 1.82) is 0 Å². The maximum atomic E-state index is 12.3. The van der Waals surface area contributed by atoms with Gasteiger partial charge in [-0.2, -0.15) is 0 Å². The Kier molecular flexibility index (Phi) is 4.15. The molecule has 0 aliphatic carbocycles. The Morgan fingerprint density at radius 2 is 2.05 bits per heavy atom. The molecule has 0 radical (unpaired) electrons. The van der Waals surface area contributed by atoms with Gasteiger partial charge in [0.05, 0.1) is 11.7 Å². The Hall–Kier alpha value is -1.79. The van der Waals surface area contributed by atoms with Crippen LogP contribution in [0.4, 0.5) is 0 Å². The predicted molar refractivity (Wildman–Crippen MR) is 77.2 cm³/mol. The summed E-state index contributed by atoms with van der Waals surface area (Å²) in [7, 11) is 0. The quantitative estimate of drug-likeness (QED) is 0.626. The average Bonchev–Trinajstić information content (AvgIpc) is 2.72. The van der Waals surface area contributed by atoms with E-state index in [1.165, 1.54) is 0 Å². The number of hydrogen-bond donors (Lipinski definition) is 0. The highest BCUT2D eigenvalue weighted by molar-refractivity contribution is 5.89. The minimum Gasteiger partial charge on any atom is -0.439 e. The number of terminal acetylenes is 1. The first kappa shape index (κ1) is 14.6. The molecule has 1 aliphatic rings. The highest BCUT2D eigenvalue weighted by Gasteiger charge is 2.54. The SMILES string of the molecule is C#C[C@@]1(OC(=O)c2ccccc2)[C@H](C)[C@@H](CC)O[C@@H]1C. The molecule has 106 valence electrons. The van der Waals surface area contributed by atoms with Crippen LogP contribution in [0.3, 0.4) is 0 Å². The van der Waals surface area contributed by atoms with E-state index < -0.39 is 11.6 Å². The number of hydrogen-bond acceptors (Lipinski definition) is 3. The summed E-state index contributed by atoms with van der Waals surface area (Å²) in [4.78, 5) is 12.3. The maximum Gasteiger partial charge on any atom is 0.339 e. The number of carbonyl (C=O) groups is 1. The Morgan fingerprint density at radius 3 is 2.55 bits per heavy atom. The van der Waals surface area contributed by atoms with E-state index in [4.69, 9.17) is 15.9 Å². The van der Waals surface area contributed by atoms with Crippen LogP contribution in [-0.2, 0) is 9.47 Å². The van der Waals surface area contributed by atoms with Crippen molar-refractivity contribution in [1.82, 2.24) is 0 Å². The van der Waals surface area contributed by atoms with E-state index in [1.54, 1.807) is 24.3 Å². The third kappa shape index (κ3) is 2.32. The van der Waals surface area contributed by atoms with Gasteiger partial charge in [-0.15, -0.1) is 6.42 Å². The van der Waals surface area contributed by atoms with Gasteiger partial charge in [-0.1, -0.05) is 38.0 Å². The molecular weight excluding hydrogens is 252 g/mol. The van der Waals surface area contributed by atoms with Gasteiger partial charge in [-0.3, -0.25) is 0 Å². The molecule has 2 rings (SSSR count). The summed E-state index contributed by atoms with van der Waals surface area (Å²) in [6.45, 7) is 5.89. The Bertz CT molecular complexity index is 517. The van der Waals surface area contributed by atoms with E-state index in [9.17, 15) is 4.79 Å². The van der Waals surface area contributed by atoms with Crippen LogP contribution >= 0.6 is 0 Å². The van der Waals surface area contributed by atoms with Crippen LogP contribution in [0, 0.1) is 18.3 Å². The van der Waals surface area contributed by atoms with Gasteiger partial charge in [-0.05, 0) is 25.5 Å².